The Kier molecular flexibility index (Phi) is 5.77. The van der Waals surface area contributed by atoms with Gasteiger partial charge in [-0.05, 0) is 20.8 Å². The molecule has 8 heteroatoms. The van der Waals surface area contributed by atoms with Crippen molar-refractivity contribution in [3.63, 3.8) is 0 Å². The van der Waals surface area contributed by atoms with Gasteiger partial charge in [0.25, 0.3) is 0 Å². The lowest BCUT2D eigenvalue weighted by molar-refractivity contribution is -0.119. The molecule has 118 valence electrons. The van der Waals surface area contributed by atoms with Gasteiger partial charge in [0.1, 0.15) is 5.82 Å². The first kappa shape index (κ1) is 17.5. The third kappa shape index (κ3) is 5.74. The summed E-state index contributed by atoms with van der Waals surface area (Å²) in [6, 6.07) is -0.518. The van der Waals surface area contributed by atoms with Crippen molar-refractivity contribution >= 4 is 23.7 Å². The zero-order chi connectivity index (χ0) is 16.2. The Labute approximate surface area is 129 Å². The molecule has 0 saturated carbocycles. The molecule has 1 aromatic heterocycles. The van der Waals surface area contributed by atoms with Gasteiger partial charge in [-0.25, -0.2) is 9.78 Å². The maximum atomic E-state index is 11.9. The molecule has 3 N–H and O–H groups in total. The molecule has 1 heterocycles. The SMILES string of the molecule is CC(C)NC(=O)NC(=O)[C@H](C)Sc1n[nH]c(C(C)(C)C)n1. The van der Waals surface area contributed by atoms with Crippen LogP contribution in [-0.2, 0) is 10.2 Å². The first-order valence-corrected chi connectivity index (χ1v) is 7.68. The number of rotatable bonds is 4. The minimum absolute atomic E-state index is 0.0249. The van der Waals surface area contributed by atoms with Crippen molar-refractivity contribution in [2.45, 2.75) is 63.4 Å². The Balaban J connectivity index is 2.56. The summed E-state index contributed by atoms with van der Waals surface area (Å²) in [7, 11) is 0. The van der Waals surface area contributed by atoms with E-state index in [1.54, 1.807) is 6.92 Å². The van der Waals surface area contributed by atoms with E-state index in [1.165, 1.54) is 11.8 Å². The summed E-state index contributed by atoms with van der Waals surface area (Å²) in [4.78, 5) is 27.7. The molecule has 0 aliphatic carbocycles. The van der Waals surface area contributed by atoms with Gasteiger partial charge >= 0.3 is 6.03 Å². The van der Waals surface area contributed by atoms with Crippen molar-refractivity contribution in [2.75, 3.05) is 0 Å². The third-order valence-electron chi connectivity index (χ3n) is 2.48. The van der Waals surface area contributed by atoms with E-state index in [4.69, 9.17) is 0 Å². The molecular weight excluding hydrogens is 290 g/mol. The largest absolute Gasteiger partial charge is 0.336 e. The Hall–Kier alpha value is -1.57. The molecule has 0 radical (unpaired) electrons. The lowest BCUT2D eigenvalue weighted by atomic mass is 9.96. The van der Waals surface area contributed by atoms with Crippen LogP contribution in [0.15, 0.2) is 5.16 Å². The number of hydrogen-bond donors (Lipinski definition) is 3. The predicted octanol–water partition coefficient (Wildman–Crippen LogP) is 1.82. The number of amides is 3. The van der Waals surface area contributed by atoms with Crippen LogP contribution in [0.3, 0.4) is 0 Å². The summed E-state index contributed by atoms with van der Waals surface area (Å²) in [5, 5.41) is 11.9. The lowest BCUT2D eigenvalue weighted by Gasteiger charge is -2.13. The second-order valence-corrected chi connectivity index (χ2v) is 7.40. The fourth-order valence-electron chi connectivity index (χ4n) is 1.36. The predicted molar refractivity (Wildman–Crippen MR) is 82.2 cm³/mol. The van der Waals surface area contributed by atoms with E-state index >= 15 is 0 Å². The van der Waals surface area contributed by atoms with Gasteiger partial charge in [-0.1, -0.05) is 32.5 Å². The molecular formula is C13H23N5O2S. The molecule has 0 unspecified atom stereocenters. The van der Waals surface area contributed by atoms with Crippen molar-refractivity contribution in [3.05, 3.63) is 5.82 Å². The highest BCUT2D eigenvalue weighted by Gasteiger charge is 2.22. The second kappa shape index (κ2) is 6.93. The van der Waals surface area contributed by atoms with E-state index in [1.807, 2.05) is 34.6 Å². The van der Waals surface area contributed by atoms with Crippen LogP contribution in [0.1, 0.15) is 47.4 Å². The topological polar surface area (TPSA) is 99.8 Å². The Morgan fingerprint density at radius 3 is 2.33 bits per heavy atom. The molecule has 21 heavy (non-hydrogen) atoms. The molecule has 7 nitrogen and oxygen atoms in total. The van der Waals surface area contributed by atoms with Gasteiger partial charge in [0.05, 0.1) is 5.25 Å². The number of urea groups is 1. The summed E-state index contributed by atoms with van der Waals surface area (Å²) in [6.07, 6.45) is 0. The molecule has 0 aromatic carbocycles. The van der Waals surface area contributed by atoms with E-state index in [-0.39, 0.29) is 17.4 Å². The van der Waals surface area contributed by atoms with Crippen molar-refractivity contribution < 1.29 is 9.59 Å². The summed E-state index contributed by atoms with van der Waals surface area (Å²) in [5.74, 6) is 0.385. The van der Waals surface area contributed by atoms with Gasteiger partial charge in [-0.2, -0.15) is 0 Å². The molecule has 0 aliphatic heterocycles. The van der Waals surface area contributed by atoms with Crippen molar-refractivity contribution in [3.8, 4) is 0 Å². The normalized spacial score (nSPS) is 13.1. The minimum Gasteiger partial charge on any atom is -0.336 e. The molecule has 0 saturated heterocycles. The van der Waals surface area contributed by atoms with Crippen LogP contribution in [0.4, 0.5) is 4.79 Å². The second-order valence-electron chi connectivity index (χ2n) is 6.09. The van der Waals surface area contributed by atoms with Crippen molar-refractivity contribution in [2.24, 2.45) is 0 Å². The molecule has 0 aliphatic rings. The first-order valence-electron chi connectivity index (χ1n) is 6.80. The fraction of sp³-hybridized carbons (Fsp3) is 0.692. The highest BCUT2D eigenvalue weighted by Crippen LogP contribution is 2.23. The van der Waals surface area contributed by atoms with Crippen LogP contribution < -0.4 is 10.6 Å². The van der Waals surface area contributed by atoms with Gasteiger partial charge in [0.2, 0.25) is 11.1 Å². The van der Waals surface area contributed by atoms with Crippen LogP contribution in [0.2, 0.25) is 0 Å². The number of carbonyl (C=O) groups excluding carboxylic acids is 2. The van der Waals surface area contributed by atoms with E-state index in [2.05, 4.69) is 25.8 Å². The maximum Gasteiger partial charge on any atom is 0.321 e. The molecule has 1 rings (SSSR count). The van der Waals surface area contributed by atoms with Gasteiger partial charge in [-0.15, -0.1) is 5.10 Å². The van der Waals surface area contributed by atoms with Crippen LogP contribution in [0.5, 0.6) is 0 Å². The molecule has 1 atom stereocenters. The van der Waals surface area contributed by atoms with Gasteiger partial charge < -0.3 is 5.32 Å². The Bertz CT molecular complexity index is 507. The number of H-pyrrole nitrogens is 1. The summed E-state index contributed by atoms with van der Waals surface area (Å²) in [6.45, 7) is 11.4. The number of nitrogens with one attached hydrogen (secondary N) is 3. The molecule has 0 fully saturated rings. The third-order valence-corrected chi connectivity index (χ3v) is 3.44. The minimum atomic E-state index is -0.493. The Morgan fingerprint density at radius 1 is 1.24 bits per heavy atom. The zero-order valence-electron chi connectivity index (χ0n) is 13.3. The number of aromatic amines is 1. The highest BCUT2D eigenvalue weighted by molar-refractivity contribution is 8.00. The molecule has 1 aromatic rings. The van der Waals surface area contributed by atoms with E-state index in [0.717, 1.165) is 5.82 Å². The summed E-state index contributed by atoms with van der Waals surface area (Å²) < 4.78 is 0. The van der Waals surface area contributed by atoms with Crippen LogP contribution in [-0.4, -0.2) is 38.4 Å². The highest BCUT2D eigenvalue weighted by atomic mass is 32.2. The van der Waals surface area contributed by atoms with Crippen LogP contribution in [0.25, 0.3) is 0 Å². The smallest absolute Gasteiger partial charge is 0.321 e. The monoisotopic (exact) mass is 313 g/mol. The average molecular weight is 313 g/mol. The average Bonchev–Trinajstić information content (AvgIpc) is 2.75. The quantitative estimate of drug-likeness (QED) is 0.736. The van der Waals surface area contributed by atoms with E-state index in [9.17, 15) is 9.59 Å². The van der Waals surface area contributed by atoms with Crippen molar-refractivity contribution in [1.29, 1.82) is 0 Å². The standard InChI is InChI=1S/C13H23N5O2S/c1-7(2)14-11(20)15-9(19)8(3)21-12-16-10(17-18-12)13(4,5)6/h7-8H,1-6H3,(H,16,17,18)(H2,14,15,19,20)/t8-/m0/s1. The number of thioether (sulfide) groups is 1. The van der Waals surface area contributed by atoms with Gasteiger partial charge in [0, 0.05) is 11.5 Å². The molecule has 0 bridgehead atoms. The fourth-order valence-corrected chi connectivity index (χ4v) is 2.08. The zero-order valence-corrected chi connectivity index (χ0v) is 14.1. The van der Waals surface area contributed by atoms with Gasteiger partial charge in [0.15, 0.2) is 0 Å². The van der Waals surface area contributed by atoms with Crippen LogP contribution in [0, 0.1) is 0 Å². The number of carbonyl (C=O) groups is 2. The van der Waals surface area contributed by atoms with Crippen LogP contribution >= 0.6 is 11.8 Å². The number of imide groups is 1. The maximum absolute atomic E-state index is 11.9. The summed E-state index contributed by atoms with van der Waals surface area (Å²) >= 11 is 1.20. The number of aromatic nitrogens is 3. The van der Waals surface area contributed by atoms with Crippen molar-refractivity contribution in [1.82, 2.24) is 25.8 Å². The van der Waals surface area contributed by atoms with E-state index in [0.29, 0.717) is 5.16 Å². The Morgan fingerprint density at radius 2 is 1.86 bits per heavy atom. The number of hydrogen-bond acceptors (Lipinski definition) is 5. The first-order chi connectivity index (χ1) is 9.59. The molecule has 0 spiro atoms. The molecule has 3 amide bonds. The number of nitrogens with zero attached hydrogens (tertiary/aromatic N) is 2. The van der Waals surface area contributed by atoms with E-state index < -0.39 is 11.3 Å². The van der Waals surface area contributed by atoms with Gasteiger partial charge in [-0.3, -0.25) is 15.2 Å². The lowest BCUT2D eigenvalue weighted by Crippen LogP contribution is -2.45. The summed E-state index contributed by atoms with van der Waals surface area (Å²) in [5.41, 5.74) is -0.130.